The quantitative estimate of drug-likeness (QED) is 0.321. The minimum atomic E-state index is -2.38. The summed E-state index contributed by atoms with van der Waals surface area (Å²) in [4.78, 5) is 23.5. The summed E-state index contributed by atoms with van der Waals surface area (Å²) in [5, 5.41) is 51.8. The Bertz CT molecular complexity index is 695. The molecule has 10 heteroatoms. The molecule has 0 aromatic heterocycles. The lowest BCUT2D eigenvalue weighted by molar-refractivity contribution is -0.284. The van der Waals surface area contributed by atoms with Crippen LogP contribution in [0.25, 0.3) is 0 Å². The van der Waals surface area contributed by atoms with Gasteiger partial charge < -0.3 is 40.3 Å². The third kappa shape index (κ3) is 4.78. The highest BCUT2D eigenvalue weighted by molar-refractivity contribution is 5.77. The molecule has 0 unspecified atom stereocenters. The molecular weight excluding hydrogens is 374 g/mol. The predicted molar refractivity (Wildman–Crippen MR) is 94.4 cm³/mol. The standard InChI is InChI=1S/C18H25NO9/c1-9-3-5-11(6-4-9)27-18(17(25)26)7-12(22)14(19-10(2)21)16(28-18)15(24)13(23)8-20/h3-6,12-16,20,22-24H,7-8H2,1-2H3,(H,19,21)(H,25,26)/t12-,13+,14+,15+,16+,18-/m0/s1. The zero-order valence-corrected chi connectivity index (χ0v) is 15.5. The Kier molecular flexibility index (Phi) is 6.96. The van der Waals surface area contributed by atoms with Gasteiger partial charge >= 0.3 is 11.8 Å². The predicted octanol–water partition coefficient (Wildman–Crippen LogP) is -1.48. The second-order valence-corrected chi connectivity index (χ2v) is 6.79. The minimum Gasteiger partial charge on any atom is -0.476 e. The molecule has 1 saturated heterocycles. The molecule has 156 valence electrons. The molecule has 0 aliphatic carbocycles. The van der Waals surface area contributed by atoms with Gasteiger partial charge in [-0.2, -0.15) is 0 Å². The molecule has 1 heterocycles. The number of carbonyl (C=O) groups excluding carboxylic acids is 1. The fourth-order valence-electron chi connectivity index (χ4n) is 3.03. The van der Waals surface area contributed by atoms with Crippen molar-refractivity contribution in [1.82, 2.24) is 5.32 Å². The molecule has 28 heavy (non-hydrogen) atoms. The molecule has 6 atom stereocenters. The summed E-state index contributed by atoms with van der Waals surface area (Å²) in [6, 6.07) is 5.17. The van der Waals surface area contributed by atoms with E-state index in [1.54, 1.807) is 12.1 Å². The Balaban J connectivity index is 2.40. The van der Waals surface area contributed by atoms with Gasteiger partial charge in [0.25, 0.3) is 0 Å². The minimum absolute atomic E-state index is 0.147. The van der Waals surface area contributed by atoms with Crippen molar-refractivity contribution in [3.63, 3.8) is 0 Å². The highest BCUT2D eigenvalue weighted by Crippen LogP contribution is 2.34. The van der Waals surface area contributed by atoms with Crippen molar-refractivity contribution in [2.24, 2.45) is 0 Å². The van der Waals surface area contributed by atoms with Crippen LogP contribution in [-0.2, 0) is 14.3 Å². The molecule has 0 saturated carbocycles. The lowest BCUT2D eigenvalue weighted by atomic mass is 9.88. The Hall–Kier alpha value is -2.24. The third-order valence-electron chi connectivity index (χ3n) is 4.49. The number of carboxylic acids is 1. The summed E-state index contributed by atoms with van der Waals surface area (Å²) in [5.41, 5.74) is 0.909. The summed E-state index contributed by atoms with van der Waals surface area (Å²) in [6.07, 6.45) is -7.12. The van der Waals surface area contributed by atoms with Crippen molar-refractivity contribution in [3.8, 4) is 5.75 Å². The molecule has 0 spiro atoms. The number of carboxylic acid groups (broad SMARTS) is 1. The van der Waals surface area contributed by atoms with Crippen molar-refractivity contribution in [1.29, 1.82) is 0 Å². The van der Waals surface area contributed by atoms with Gasteiger partial charge in [0.05, 0.1) is 25.2 Å². The number of hydrogen-bond acceptors (Lipinski definition) is 8. The van der Waals surface area contributed by atoms with Gasteiger partial charge in [0.2, 0.25) is 5.91 Å². The van der Waals surface area contributed by atoms with Crippen LogP contribution in [0.3, 0.4) is 0 Å². The number of benzene rings is 1. The van der Waals surface area contributed by atoms with Crippen molar-refractivity contribution in [3.05, 3.63) is 29.8 Å². The zero-order chi connectivity index (χ0) is 21.1. The van der Waals surface area contributed by atoms with Gasteiger partial charge in [0.15, 0.2) is 0 Å². The van der Waals surface area contributed by atoms with E-state index in [1.165, 1.54) is 19.1 Å². The molecule has 1 aliphatic rings. The molecule has 1 amide bonds. The van der Waals surface area contributed by atoms with Gasteiger partial charge in [-0.25, -0.2) is 4.79 Å². The molecule has 10 nitrogen and oxygen atoms in total. The summed E-state index contributed by atoms with van der Waals surface area (Å²) in [7, 11) is 0. The summed E-state index contributed by atoms with van der Waals surface area (Å²) in [6.45, 7) is 2.15. The number of aryl methyl sites for hydroxylation is 1. The average Bonchev–Trinajstić information content (AvgIpc) is 2.64. The molecule has 0 radical (unpaired) electrons. The second-order valence-electron chi connectivity index (χ2n) is 6.79. The molecular formula is C18H25NO9. The van der Waals surface area contributed by atoms with E-state index in [2.05, 4.69) is 5.32 Å². The van der Waals surface area contributed by atoms with Crippen molar-refractivity contribution < 1.29 is 44.6 Å². The van der Waals surface area contributed by atoms with E-state index in [1.807, 2.05) is 6.92 Å². The number of nitrogens with one attached hydrogen (secondary N) is 1. The number of rotatable bonds is 7. The van der Waals surface area contributed by atoms with Crippen LogP contribution in [0.2, 0.25) is 0 Å². The maximum Gasteiger partial charge on any atom is 0.377 e. The molecule has 1 aromatic carbocycles. The fraction of sp³-hybridized carbons (Fsp3) is 0.556. The van der Waals surface area contributed by atoms with E-state index in [0.717, 1.165) is 5.56 Å². The van der Waals surface area contributed by atoms with Gasteiger partial charge in [0, 0.05) is 6.92 Å². The second kappa shape index (κ2) is 8.84. The number of ether oxygens (including phenoxy) is 2. The Labute approximate surface area is 161 Å². The Morgan fingerprint density at radius 3 is 2.43 bits per heavy atom. The Morgan fingerprint density at radius 2 is 1.93 bits per heavy atom. The van der Waals surface area contributed by atoms with Crippen LogP contribution in [0.5, 0.6) is 5.75 Å². The highest BCUT2D eigenvalue weighted by atomic mass is 16.7. The van der Waals surface area contributed by atoms with Gasteiger partial charge in [0.1, 0.15) is 24.1 Å². The first-order valence-electron chi connectivity index (χ1n) is 8.68. The third-order valence-corrected chi connectivity index (χ3v) is 4.49. The van der Waals surface area contributed by atoms with Crippen molar-refractivity contribution >= 4 is 11.9 Å². The average molecular weight is 399 g/mol. The van der Waals surface area contributed by atoms with Crippen LogP contribution in [0, 0.1) is 6.92 Å². The molecule has 1 fully saturated rings. The first-order valence-corrected chi connectivity index (χ1v) is 8.68. The number of aliphatic hydroxyl groups excluding tert-OH is 4. The van der Waals surface area contributed by atoms with E-state index in [9.17, 15) is 30.0 Å². The van der Waals surface area contributed by atoms with Crippen molar-refractivity contribution in [2.75, 3.05) is 6.61 Å². The molecule has 1 aromatic rings. The molecule has 2 rings (SSSR count). The maximum absolute atomic E-state index is 12.0. The number of amides is 1. The normalized spacial score (nSPS) is 29.6. The van der Waals surface area contributed by atoms with Crippen LogP contribution < -0.4 is 10.1 Å². The topological polar surface area (TPSA) is 166 Å². The molecule has 0 bridgehead atoms. The number of aliphatic carboxylic acids is 1. The maximum atomic E-state index is 12.0. The van der Waals surface area contributed by atoms with E-state index >= 15 is 0 Å². The SMILES string of the molecule is CC(=O)N[C@H]1[C@H]([C@H](O)[C@H](O)CO)O[C@](Oc2ccc(C)cc2)(C(=O)O)C[C@@H]1O. The number of carbonyl (C=O) groups is 2. The monoisotopic (exact) mass is 399 g/mol. The van der Waals surface area contributed by atoms with Gasteiger partial charge in [-0.05, 0) is 19.1 Å². The molecule has 6 N–H and O–H groups in total. The van der Waals surface area contributed by atoms with Crippen LogP contribution >= 0.6 is 0 Å². The Morgan fingerprint density at radius 1 is 1.32 bits per heavy atom. The van der Waals surface area contributed by atoms with Crippen LogP contribution in [0.15, 0.2) is 24.3 Å². The van der Waals surface area contributed by atoms with Gasteiger partial charge in [-0.1, -0.05) is 17.7 Å². The highest BCUT2D eigenvalue weighted by Gasteiger charge is 2.56. The van der Waals surface area contributed by atoms with Crippen molar-refractivity contribution in [2.45, 2.75) is 56.5 Å². The van der Waals surface area contributed by atoms with E-state index < -0.39 is 61.1 Å². The van der Waals surface area contributed by atoms with Crippen LogP contribution in [0.4, 0.5) is 0 Å². The lowest BCUT2D eigenvalue weighted by Gasteiger charge is -2.46. The van der Waals surface area contributed by atoms with E-state index in [0.29, 0.717) is 0 Å². The van der Waals surface area contributed by atoms with Crippen LogP contribution in [-0.4, -0.2) is 80.3 Å². The van der Waals surface area contributed by atoms with E-state index in [-0.39, 0.29) is 5.75 Å². The lowest BCUT2D eigenvalue weighted by Crippen LogP contribution is -2.68. The first-order chi connectivity index (χ1) is 13.1. The van der Waals surface area contributed by atoms with Gasteiger partial charge in [-0.15, -0.1) is 0 Å². The zero-order valence-electron chi connectivity index (χ0n) is 15.5. The fourth-order valence-corrected chi connectivity index (χ4v) is 3.03. The number of aliphatic hydroxyl groups is 4. The van der Waals surface area contributed by atoms with Gasteiger partial charge in [-0.3, -0.25) is 4.79 Å². The van der Waals surface area contributed by atoms with Crippen LogP contribution in [0.1, 0.15) is 18.9 Å². The first kappa shape index (κ1) is 22.1. The number of hydrogen-bond donors (Lipinski definition) is 6. The smallest absolute Gasteiger partial charge is 0.377 e. The summed E-state index contributed by atoms with van der Waals surface area (Å²) >= 11 is 0. The summed E-state index contributed by atoms with van der Waals surface area (Å²) in [5.74, 6) is -4.37. The summed E-state index contributed by atoms with van der Waals surface area (Å²) < 4.78 is 11.0. The largest absolute Gasteiger partial charge is 0.476 e. The molecule has 1 aliphatic heterocycles. The van der Waals surface area contributed by atoms with E-state index in [4.69, 9.17) is 14.6 Å².